The fourth-order valence-electron chi connectivity index (χ4n) is 1.74. The van der Waals surface area contributed by atoms with Crippen LogP contribution in [0.5, 0.6) is 0 Å². The predicted molar refractivity (Wildman–Crippen MR) is 81.8 cm³/mol. The van der Waals surface area contributed by atoms with Gasteiger partial charge in [0.05, 0.1) is 6.04 Å². The molecule has 1 aromatic carbocycles. The fraction of sp³-hybridized carbons (Fsp3) is 0.500. The molecule has 6 heteroatoms. The van der Waals surface area contributed by atoms with Crippen LogP contribution in [-0.2, 0) is 9.53 Å². The third-order valence-corrected chi connectivity index (χ3v) is 2.77. The third-order valence-electron chi connectivity index (χ3n) is 2.77. The molecule has 0 radical (unpaired) electrons. The number of hydrogen-bond donors (Lipinski definition) is 2. The summed E-state index contributed by atoms with van der Waals surface area (Å²) >= 11 is 0. The average Bonchev–Trinajstić information content (AvgIpc) is 2.37. The quantitative estimate of drug-likeness (QED) is 0.878. The highest BCUT2D eigenvalue weighted by Gasteiger charge is 2.16. The van der Waals surface area contributed by atoms with E-state index in [1.165, 1.54) is 12.1 Å². The van der Waals surface area contributed by atoms with Crippen molar-refractivity contribution < 1.29 is 18.7 Å². The molecule has 1 atom stereocenters. The molecule has 5 nitrogen and oxygen atoms in total. The van der Waals surface area contributed by atoms with Gasteiger partial charge < -0.3 is 15.4 Å². The Labute approximate surface area is 130 Å². The molecule has 0 unspecified atom stereocenters. The van der Waals surface area contributed by atoms with E-state index in [1.807, 2.05) is 6.92 Å². The Morgan fingerprint density at radius 2 is 1.82 bits per heavy atom. The third kappa shape index (κ3) is 7.06. The Balaban J connectivity index is 2.31. The van der Waals surface area contributed by atoms with Crippen LogP contribution in [0.2, 0.25) is 0 Å². The molecule has 0 spiro atoms. The van der Waals surface area contributed by atoms with Crippen molar-refractivity contribution >= 4 is 12.0 Å². The van der Waals surface area contributed by atoms with E-state index in [2.05, 4.69) is 10.6 Å². The second kappa shape index (κ2) is 7.77. The molecule has 0 heterocycles. The van der Waals surface area contributed by atoms with Crippen LogP contribution in [0.1, 0.15) is 45.7 Å². The number of rotatable bonds is 5. The van der Waals surface area contributed by atoms with Crippen molar-refractivity contribution in [1.29, 1.82) is 0 Å². The van der Waals surface area contributed by atoms with E-state index >= 15 is 0 Å². The Bertz CT molecular complexity index is 509. The van der Waals surface area contributed by atoms with Crippen LogP contribution in [-0.4, -0.2) is 24.1 Å². The van der Waals surface area contributed by atoms with E-state index in [4.69, 9.17) is 4.74 Å². The van der Waals surface area contributed by atoms with Gasteiger partial charge in [0.1, 0.15) is 11.4 Å². The van der Waals surface area contributed by atoms with E-state index in [9.17, 15) is 14.0 Å². The van der Waals surface area contributed by atoms with Gasteiger partial charge in [0, 0.05) is 13.0 Å². The van der Waals surface area contributed by atoms with Crippen LogP contribution < -0.4 is 10.6 Å². The highest BCUT2D eigenvalue weighted by molar-refractivity contribution is 5.77. The molecular formula is C16H23FN2O3. The van der Waals surface area contributed by atoms with Crippen molar-refractivity contribution in [3.63, 3.8) is 0 Å². The lowest BCUT2D eigenvalue weighted by Crippen LogP contribution is -2.35. The summed E-state index contributed by atoms with van der Waals surface area (Å²) in [6.45, 7) is 7.31. The summed E-state index contributed by atoms with van der Waals surface area (Å²) in [5.74, 6) is -0.517. The van der Waals surface area contributed by atoms with Gasteiger partial charge in [0.15, 0.2) is 0 Å². The summed E-state index contributed by atoms with van der Waals surface area (Å²) in [4.78, 5) is 23.2. The summed E-state index contributed by atoms with van der Waals surface area (Å²) in [6.07, 6.45) is -0.406. The number of benzene rings is 1. The Kier molecular flexibility index (Phi) is 6.34. The van der Waals surface area contributed by atoms with Gasteiger partial charge in [-0.05, 0) is 45.4 Å². The standard InChI is InChI=1S/C16H23FN2O3/c1-11(12-5-7-13(17)8-6-12)19-14(20)9-10-18-15(21)22-16(2,3)4/h5-8,11H,9-10H2,1-4H3,(H,18,21)(H,19,20)/t11-/m0/s1. The van der Waals surface area contributed by atoms with E-state index in [0.29, 0.717) is 0 Å². The SMILES string of the molecule is C[C@H](NC(=O)CCNC(=O)OC(C)(C)C)c1ccc(F)cc1. The Morgan fingerprint density at radius 3 is 2.36 bits per heavy atom. The minimum atomic E-state index is -0.566. The van der Waals surface area contributed by atoms with E-state index in [0.717, 1.165) is 5.56 Å². The first-order valence-corrected chi connectivity index (χ1v) is 7.19. The van der Waals surface area contributed by atoms with E-state index < -0.39 is 11.7 Å². The molecule has 0 aliphatic heterocycles. The Morgan fingerprint density at radius 1 is 1.23 bits per heavy atom. The zero-order chi connectivity index (χ0) is 16.8. The number of halogens is 1. The minimum Gasteiger partial charge on any atom is -0.444 e. The first-order chi connectivity index (χ1) is 10.2. The molecule has 0 fully saturated rings. The van der Waals surface area contributed by atoms with Gasteiger partial charge in [0.25, 0.3) is 0 Å². The van der Waals surface area contributed by atoms with Gasteiger partial charge in [-0.1, -0.05) is 12.1 Å². The summed E-state index contributed by atoms with van der Waals surface area (Å²) in [7, 11) is 0. The molecule has 0 saturated carbocycles. The van der Waals surface area contributed by atoms with Gasteiger partial charge in [-0.2, -0.15) is 0 Å². The van der Waals surface area contributed by atoms with Crippen molar-refractivity contribution in [2.45, 2.75) is 45.8 Å². The van der Waals surface area contributed by atoms with Gasteiger partial charge in [0.2, 0.25) is 5.91 Å². The lowest BCUT2D eigenvalue weighted by molar-refractivity contribution is -0.121. The predicted octanol–water partition coefficient (Wildman–Crippen LogP) is 2.92. The molecule has 0 aliphatic rings. The normalized spacial score (nSPS) is 12.4. The molecular weight excluding hydrogens is 287 g/mol. The molecule has 1 aromatic rings. The number of hydrogen-bond acceptors (Lipinski definition) is 3. The monoisotopic (exact) mass is 310 g/mol. The van der Waals surface area contributed by atoms with Crippen molar-refractivity contribution in [1.82, 2.24) is 10.6 Å². The summed E-state index contributed by atoms with van der Waals surface area (Å²) < 4.78 is 17.9. The smallest absolute Gasteiger partial charge is 0.407 e. The number of ether oxygens (including phenoxy) is 1. The van der Waals surface area contributed by atoms with Crippen LogP contribution in [0, 0.1) is 5.82 Å². The topological polar surface area (TPSA) is 67.4 Å². The first kappa shape index (κ1) is 17.9. The second-order valence-electron chi connectivity index (χ2n) is 6.02. The number of carbonyl (C=O) groups excluding carboxylic acids is 2. The van der Waals surface area contributed by atoms with Gasteiger partial charge in [-0.15, -0.1) is 0 Å². The first-order valence-electron chi connectivity index (χ1n) is 7.19. The van der Waals surface area contributed by atoms with Crippen molar-refractivity contribution in [3.05, 3.63) is 35.6 Å². The van der Waals surface area contributed by atoms with Crippen molar-refractivity contribution in [2.24, 2.45) is 0 Å². The van der Waals surface area contributed by atoms with E-state index in [-0.39, 0.29) is 30.7 Å². The van der Waals surface area contributed by atoms with Crippen molar-refractivity contribution in [2.75, 3.05) is 6.54 Å². The van der Waals surface area contributed by atoms with Crippen LogP contribution >= 0.6 is 0 Å². The van der Waals surface area contributed by atoms with Crippen LogP contribution in [0.3, 0.4) is 0 Å². The van der Waals surface area contributed by atoms with Gasteiger partial charge >= 0.3 is 6.09 Å². The molecule has 1 rings (SSSR count). The molecule has 2 N–H and O–H groups in total. The maximum atomic E-state index is 12.8. The van der Waals surface area contributed by atoms with E-state index in [1.54, 1.807) is 32.9 Å². The highest BCUT2D eigenvalue weighted by atomic mass is 19.1. The fourth-order valence-corrected chi connectivity index (χ4v) is 1.74. The molecule has 2 amide bonds. The number of carbonyl (C=O) groups is 2. The summed E-state index contributed by atoms with van der Waals surface area (Å²) in [5.41, 5.74) is 0.249. The number of amides is 2. The van der Waals surface area contributed by atoms with Crippen LogP contribution in [0.4, 0.5) is 9.18 Å². The molecule has 0 saturated heterocycles. The zero-order valence-electron chi connectivity index (χ0n) is 13.4. The second-order valence-corrected chi connectivity index (χ2v) is 6.02. The van der Waals surface area contributed by atoms with Crippen LogP contribution in [0.25, 0.3) is 0 Å². The molecule has 122 valence electrons. The van der Waals surface area contributed by atoms with Gasteiger partial charge in [-0.25, -0.2) is 9.18 Å². The average molecular weight is 310 g/mol. The zero-order valence-corrected chi connectivity index (χ0v) is 13.4. The van der Waals surface area contributed by atoms with Crippen molar-refractivity contribution in [3.8, 4) is 0 Å². The van der Waals surface area contributed by atoms with Gasteiger partial charge in [-0.3, -0.25) is 4.79 Å². The molecule has 0 aromatic heterocycles. The van der Waals surface area contributed by atoms with Crippen LogP contribution in [0.15, 0.2) is 24.3 Å². The minimum absolute atomic E-state index is 0.144. The lowest BCUT2D eigenvalue weighted by atomic mass is 10.1. The molecule has 22 heavy (non-hydrogen) atoms. The number of nitrogens with one attached hydrogen (secondary N) is 2. The lowest BCUT2D eigenvalue weighted by Gasteiger charge is -2.19. The highest BCUT2D eigenvalue weighted by Crippen LogP contribution is 2.12. The molecule has 0 aliphatic carbocycles. The maximum absolute atomic E-state index is 12.8. The summed E-state index contributed by atoms with van der Waals surface area (Å²) in [5, 5.41) is 5.30. The largest absolute Gasteiger partial charge is 0.444 e. The molecule has 0 bridgehead atoms. The Hall–Kier alpha value is -2.11. The number of alkyl carbamates (subject to hydrolysis) is 1. The summed E-state index contributed by atoms with van der Waals surface area (Å²) in [6, 6.07) is 5.72. The maximum Gasteiger partial charge on any atom is 0.407 e.